The molecule has 1 saturated carbocycles. The third-order valence-corrected chi connectivity index (χ3v) is 5.16. The Morgan fingerprint density at radius 3 is 2.67 bits per heavy atom. The van der Waals surface area contributed by atoms with Gasteiger partial charge in [0.1, 0.15) is 0 Å². The van der Waals surface area contributed by atoms with Crippen LogP contribution in [-0.2, 0) is 6.42 Å². The van der Waals surface area contributed by atoms with Crippen molar-refractivity contribution in [2.75, 3.05) is 6.54 Å². The minimum atomic E-state index is 0.697. The summed E-state index contributed by atoms with van der Waals surface area (Å²) in [5, 5.41) is 3.82. The van der Waals surface area contributed by atoms with E-state index in [-0.39, 0.29) is 0 Å². The minimum Gasteiger partial charge on any atom is -0.314 e. The van der Waals surface area contributed by atoms with Gasteiger partial charge >= 0.3 is 0 Å². The molecule has 1 aromatic rings. The van der Waals surface area contributed by atoms with Crippen LogP contribution in [0.25, 0.3) is 0 Å². The lowest BCUT2D eigenvalue weighted by Gasteiger charge is -2.34. The molecule has 0 spiro atoms. The molecule has 0 aromatic carbocycles. The van der Waals surface area contributed by atoms with Gasteiger partial charge in [0.05, 0.1) is 0 Å². The van der Waals surface area contributed by atoms with Gasteiger partial charge in [-0.15, -0.1) is 0 Å². The van der Waals surface area contributed by atoms with E-state index in [0.29, 0.717) is 6.04 Å². The second-order valence-electron chi connectivity index (χ2n) is 6.65. The molecule has 1 aliphatic rings. The average molecular weight is 288 g/mol. The largest absolute Gasteiger partial charge is 0.314 e. The van der Waals surface area contributed by atoms with Crippen LogP contribution in [0.5, 0.6) is 0 Å². The van der Waals surface area contributed by atoms with Crippen LogP contribution in [0.2, 0.25) is 0 Å². The average Bonchev–Trinajstić information content (AvgIpc) is 2.56. The van der Waals surface area contributed by atoms with Crippen LogP contribution in [-0.4, -0.2) is 17.6 Å². The molecule has 1 N–H and O–H groups in total. The maximum absolute atomic E-state index is 4.24. The van der Waals surface area contributed by atoms with Gasteiger partial charge < -0.3 is 5.32 Å². The van der Waals surface area contributed by atoms with Gasteiger partial charge in [0.2, 0.25) is 0 Å². The summed E-state index contributed by atoms with van der Waals surface area (Å²) in [6.45, 7) is 5.77. The molecule has 1 atom stereocenters. The number of pyridine rings is 1. The van der Waals surface area contributed by atoms with Crippen LogP contribution in [0.15, 0.2) is 24.5 Å². The molecule has 0 aliphatic heterocycles. The number of rotatable bonds is 8. The van der Waals surface area contributed by atoms with E-state index in [1.807, 2.05) is 12.4 Å². The smallest absolute Gasteiger partial charge is 0.0299 e. The van der Waals surface area contributed by atoms with Crippen molar-refractivity contribution in [3.8, 4) is 0 Å². The Morgan fingerprint density at radius 2 is 2.05 bits per heavy atom. The highest BCUT2D eigenvalue weighted by Gasteiger charge is 2.26. The Hall–Kier alpha value is -0.890. The fourth-order valence-electron chi connectivity index (χ4n) is 3.70. The third-order valence-electron chi connectivity index (χ3n) is 5.16. The van der Waals surface area contributed by atoms with Gasteiger partial charge in [0.25, 0.3) is 0 Å². The summed E-state index contributed by atoms with van der Waals surface area (Å²) in [6.07, 6.45) is 14.6. The number of hydrogen-bond donors (Lipinski definition) is 1. The lowest BCUT2D eigenvalue weighted by Crippen LogP contribution is -2.39. The zero-order valence-electron chi connectivity index (χ0n) is 13.9. The number of nitrogens with one attached hydrogen (secondary N) is 1. The molecule has 1 fully saturated rings. The summed E-state index contributed by atoms with van der Waals surface area (Å²) in [5.41, 5.74) is 1.38. The predicted molar refractivity (Wildman–Crippen MR) is 90.4 cm³/mol. The standard InChI is InChI=1S/C19H32N2/c1-3-13-21-19(12-9-17-6-5-14-20-15-17)18-10-7-16(4-2)8-11-18/h5-6,14-16,18-19,21H,3-4,7-13H2,1-2H3. The Kier molecular flexibility index (Phi) is 7.21. The lowest BCUT2D eigenvalue weighted by atomic mass is 9.76. The minimum absolute atomic E-state index is 0.697. The van der Waals surface area contributed by atoms with Gasteiger partial charge in [-0.1, -0.05) is 39.2 Å². The van der Waals surface area contributed by atoms with E-state index >= 15 is 0 Å². The molecular weight excluding hydrogens is 256 g/mol. The highest BCUT2D eigenvalue weighted by atomic mass is 14.9. The number of hydrogen-bond acceptors (Lipinski definition) is 2. The molecule has 0 amide bonds. The van der Waals surface area contributed by atoms with Gasteiger partial charge in [0, 0.05) is 18.4 Å². The summed E-state index contributed by atoms with van der Waals surface area (Å²) in [6, 6.07) is 4.96. The summed E-state index contributed by atoms with van der Waals surface area (Å²) in [7, 11) is 0. The van der Waals surface area contributed by atoms with Crippen molar-refractivity contribution in [3.63, 3.8) is 0 Å². The van der Waals surface area contributed by atoms with Crippen molar-refractivity contribution < 1.29 is 0 Å². The first-order chi connectivity index (χ1) is 10.3. The van der Waals surface area contributed by atoms with Gasteiger partial charge in [-0.3, -0.25) is 4.98 Å². The van der Waals surface area contributed by atoms with Gasteiger partial charge in [-0.05, 0) is 62.1 Å². The molecule has 2 rings (SSSR count). The molecule has 1 aliphatic carbocycles. The molecule has 0 bridgehead atoms. The number of aromatic nitrogens is 1. The van der Waals surface area contributed by atoms with Crippen LogP contribution < -0.4 is 5.32 Å². The summed E-state index contributed by atoms with van der Waals surface area (Å²) in [5.74, 6) is 1.88. The molecule has 1 aromatic heterocycles. The SMILES string of the molecule is CCCNC(CCc1cccnc1)C1CCC(CC)CC1. The van der Waals surface area contributed by atoms with Crippen molar-refractivity contribution in [2.45, 2.75) is 71.3 Å². The first-order valence-corrected chi connectivity index (χ1v) is 8.95. The molecule has 2 nitrogen and oxygen atoms in total. The van der Waals surface area contributed by atoms with E-state index in [0.717, 1.165) is 24.8 Å². The normalized spacial score (nSPS) is 23.9. The fraction of sp³-hybridized carbons (Fsp3) is 0.737. The number of nitrogens with zero attached hydrogens (tertiary/aromatic N) is 1. The summed E-state index contributed by atoms with van der Waals surface area (Å²) in [4.78, 5) is 4.24. The van der Waals surface area contributed by atoms with Crippen molar-refractivity contribution in [3.05, 3.63) is 30.1 Å². The maximum atomic E-state index is 4.24. The second-order valence-corrected chi connectivity index (χ2v) is 6.65. The van der Waals surface area contributed by atoms with Crippen LogP contribution in [0.1, 0.15) is 64.4 Å². The van der Waals surface area contributed by atoms with Crippen molar-refractivity contribution in [2.24, 2.45) is 11.8 Å². The molecule has 1 unspecified atom stereocenters. The Bertz CT molecular complexity index is 368. The van der Waals surface area contributed by atoms with Crippen LogP contribution in [0.3, 0.4) is 0 Å². The van der Waals surface area contributed by atoms with Crippen LogP contribution >= 0.6 is 0 Å². The molecule has 118 valence electrons. The first-order valence-electron chi connectivity index (χ1n) is 8.95. The van der Waals surface area contributed by atoms with E-state index in [2.05, 4.69) is 36.3 Å². The molecule has 21 heavy (non-hydrogen) atoms. The maximum Gasteiger partial charge on any atom is 0.0299 e. The van der Waals surface area contributed by atoms with Crippen molar-refractivity contribution in [1.82, 2.24) is 10.3 Å². The van der Waals surface area contributed by atoms with E-state index in [1.54, 1.807) is 0 Å². The number of aryl methyl sites for hydroxylation is 1. The van der Waals surface area contributed by atoms with Crippen molar-refractivity contribution >= 4 is 0 Å². The lowest BCUT2D eigenvalue weighted by molar-refractivity contribution is 0.211. The Labute approximate surface area is 130 Å². The topological polar surface area (TPSA) is 24.9 Å². The van der Waals surface area contributed by atoms with E-state index < -0.39 is 0 Å². The molecule has 1 heterocycles. The molecule has 0 radical (unpaired) electrons. The van der Waals surface area contributed by atoms with Crippen LogP contribution in [0, 0.1) is 11.8 Å². The fourth-order valence-corrected chi connectivity index (χ4v) is 3.70. The first kappa shape index (κ1) is 16.5. The summed E-state index contributed by atoms with van der Waals surface area (Å²) < 4.78 is 0. The van der Waals surface area contributed by atoms with Gasteiger partial charge in [-0.2, -0.15) is 0 Å². The zero-order chi connectivity index (χ0) is 14.9. The zero-order valence-corrected chi connectivity index (χ0v) is 13.9. The Morgan fingerprint density at radius 1 is 1.24 bits per heavy atom. The van der Waals surface area contributed by atoms with E-state index in [9.17, 15) is 0 Å². The van der Waals surface area contributed by atoms with E-state index in [4.69, 9.17) is 0 Å². The highest BCUT2D eigenvalue weighted by Crippen LogP contribution is 2.33. The second kappa shape index (κ2) is 9.19. The quantitative estimate of drug-likeness (QED) is 0.756. The molecule has 0 saturated heterocycles. The van der Waals surface area contributed by atoms with Crippen LogP contribution in [0.4, 0.5) is 0 Å². The Balaban J connectivity index is 1.85. The van der Waals surface area contributed by atoms with Gasteiger partial charge in [0.15, 0.2) is 0 Å². The van der Waals surface area contributed by atoms with Crippen molar-refractivity contribution in [1.29, 1.82) is 0 Å². The predicted octanol–water partition coefficient (Wildman–Crippen LogP) is 4.60. The highest BCUT2D eigenvalue weighted by molar-refractivity contribution is 5.08. The van der Waals surface area contributed by atoms with E-state index in [1.165, 1.54) is 50.5 Å². The summed E-state index contributed by atoms with van der Waals surface area (Å²) >= 11 is 0. The molecular formula is C19H32N2. The molecule has 2 heteroatoms. The monoisotopic (exact) mass is 288 g/mol. The third kappa shape index (κ3) is 5.43. The van der Waals surface area contributed by atoms with Gasteiger partial charge in [-0.25, -0.2) is 0 Å².